The third-order valence-corrected chi connectivity index (χ3v) is 8.14. The number of Topliss-reactive ketones (excluding diaryl/α,β-unsaturated/α-hetero) is 2. The third-order valence-electron chi connectivity index (χ3n) is 8.14. The first kappa shape index (κ1) is 30.5. The van der Waals surface area contributed by atoms with Gasteiger partial charge in [0.2, 0.25) is 5.88 Å². The van der Waals surface area contributed by atoms with Crippen LogP contribution < -0.4 is 14.2 Å². The average molecular weight is 616 g/mol. The third kappa shape index (κ3) is 7.23. The molecule has 3 aromatic heterocycles. The predicted octanol–water partition coefficient (Wildman–Crippen LogP) is 4.16. The second-order valence-electron chi connectivity index (χ2n) is 11.2. The molecule has 0 atom stereocenters. The minimum atomic E-state index is -0.973. The molecule has 1 saturated carbocycles. The lowest BCUT2D eigenvalue weighted by Gasteiger charge is -2.26. The lowest BCUT2D eigenvalue weighted by atomic mass is 9.88. The summed E-state index contributed by atoms with van der Waals surface area (Å²) in [6.07, 6.45) is 5.00. The Morgan fingerprint density at radius 1 is 0.956 bits per heavy atom. The van der Waals surface area contributed by atoms with E-state index in [4.69, 9.17) is 18.9 Å². The summed E-state index contributed by atoms with van der Waals surface area (Å²) in [7, 11) is 1.52. The molecular formula is C33H34FN5O6. The van der Waals surface area contributed by atoms with Crippen LogP contribution in [0.5, 0.6) is 23.4 Å². The SMILES string of the molecule is COc1nc2c(Oc3ccc(CC(=O)C4(C(=O)Cc5ccc(F)cc5)CC4)cn3)ncnc2cc1OCCCN1CCOCC1. The molecule has 2 aliphatic rings. The van der Waals surface area contributed by atoms with E-state index in [2.05, 4.69) is 24.8 Å². The van der Waals surface area contributed by atoms with Gasteiger partial charge in [0.05, 0.1) is 32.3 Å². The van der Waals surface area contributed by atoms with Crippen molar-refractivity contribution in [3.8, 4) is 23.4 Å². The second-order valence-corrected chi connectivity index (χ2v) is 11.2. The van der Waals surface area contributed by atoms with Crippen molar-refractivity contribution in [1.82, 2.24) is 24.8 Å². The lowest BCUT2D eigenvalue weighted by Crippen LogP contribution is -2.37. The number of ketones is 2. The molecule has 4 aromatic rings. The van der Waals surface area contributed by atoms with E-state index in [1.807, 2.05) is 0 Å². The highest BCUT2D eigenvalue weighted by atomic mass is 19.1. The van der Waals surface area contributed by atoms with Gasteiger partial charge in [0.15, 0.2) is 22.8 Å². The van der Waals surface area contributed by atoms with Gasteiger partial charge in [-0.2, -0.15) is 4.98 Å². The van der Waals surface area contributed by atoms with E-state index in [0.717, 1.165) is 39.3 Å². The normalized spacial score (nSPS) is 15.9. The van der Waals surface area contributed by atoms with Crippen molar-refractivity contribution in [3.63, 3.8) is 0 Å². The molecule has 11 nitrogen and oxygen atoms in total. The van der Waals surface area contributed by atoms with Crippen LogP contribution in [0.1, 0.15) is 30.4 Å². The molecule has 0 spiro atoms. The summed E-state index contributed by atoms with van der Waals surface area (Å²) in [6.45, 7) is 4.80. The molecule has 1 aromatic carbocycles. The van der Waals surface area contributed by atoms with Gasteiger partial charge in [0, 0.05) is 50.8 Å². The number of aromatic nitrogens is 4. The Balaban J connectivity index is 1.07. The summed E-state index contributed by atoms with van der Waals surface area (Å²) in [5, 5.41) is 0. The largest absolute Gasteiger partial charge is 0.488 e. The van der Waals surface area contributed by atoms with Crippen LogP contribution >= 0.6 is 0 Å². The van der Waals surface area contributed by atoms with Gasteiger partial charge in [-0.3, -0.25) is 14.5 Å². The summed E-state index contributed by atoms with van der Waals surface area (Å²) >= 11 is 0. The molecule has 0 N–H and O–H groups in total. The van der Waals surface area contributed by atoms with E-state index < -0.39 is 5.41 Å². The Morgan fingerprint density at radius 3 is 2.38 bits per heavy atom. The number of morpholine rings is 1. The highest BCUT2D eigenvalue weighted by Gasteiger charge is 2.54. The number of nitrogens with zero attached hydrogens (tertiary/aromatic N) is 5. The zero-order chi connectivity index (χ0) is 31.2. The molecule has 234 valence electrons. The van der Waals surface area contributed by atoms with Crippen LogP contribution in [0.15, 0.2) is 55.0 Å². The molecule has 12 heteroatoms. The van der Waals surface area contributed by atoms with Crippen LogP contribution in [-0.4, -0.2) is 83.0 Å². The number of pyridine rings is 2. The second kappa shape index (κ2) is 13.6. The van der Waals surface area contributed by atoms with Crippen molar-refractivity contribution in [3.05, 3.63) is 71.9 Å². The molecule has 1 aliphatic heterocycles. The first-order chi connectivity index (χ1) is 21.9. The van der Waals surface area contributed by atoms with E-state index in [9.17, 15) is 14.0 Å². The Labute approximate surface area is 259 Å². The van der Waals surface area contributed by atoms with Gasteiger partial charge in [-0.25, -0.2) is 19.3 Å². The molecular weight excluding hydrogens is 581 g/mol. The Bertz CT molecular complexity index is 1660. The summed E-state index contributed by atoms with van der Waals surface area (Å²) in [6, 6.07) is 10.9. The zero-order valence-electron chi connectivity index (χ0n) is 25.0. The van der Waals surface area contributed by atoms with Crippen molar-refractivity contribution >= 4 is 22.6 Å². The van der Waals surface area contributed by atoms with Crippen molar-refractivity contribution in [2.45, 2.75) is 32.1 Å². The number of benzene rings is 1. The number of carbonyl (C=O) groups excluding carboxylic acids is 2. The molecule has 1 saturated heterocycles. The van der Waals surface area contributed by atoms with Crippen molar-refractivity contribution < 1.29 is 32.9 Å². The van der Waals surface area contributed by atoms with Crippen LogP contribution in [0.2, 0.25) is 0 Å². The maximum atomic E-state index is 13.2. The average Bonchev–Trinajstić information content (AvgIpc) is 3.88. The zero-order valence-corrected chi connectivity index (χ0v) is 25.0. The fourth-order valence-corrected chi connectivity index (χ4v) is 5.37. The summed E-state index contributed by atoms with van der Waals surface area (Å²) in [5.74, 6) is 0.582. The van der Waals surface area contributed by atoms with Gasteiger partial charge >= 0.3 is 0 Å². The maximum Gasteiger partial charge on any atom is 0.257 e. The number of halogens is 1. The Kier molecular flexibility index (Phi) is 9.22. The number of carbonyl (C=O) groups is 2. The first-order valence-electron chi connectivity index (χ1n) is 15.0. The monoisotopic (exact) mass is 615 g/mol. The van der Waals surface area contributed by atoms with Crippen LogP contribution in [0.25, 0.3) is 11.0 Å². The molecule has 6 rings (SSSR count). The number of rotatable bonds is 14. The van der Waals surface area contributed by atoms with E-state index in [0.29, 0.717) is 53.2 Å². The molecule has 0 unspecified atom stereocenters. The van der Waals surface area contributed by atoms with Crippen molar-refractivity contribution in [2.24, 2.45) is 5.41 Å². The van der Waals surface area contributed by atoms with E-state index >= 15 is 0 Å². The van der Waals surface area contributed by atoms with Gasteiger partial charge in [0.25, 0.3) is 11.8 Å². The predicted molar refractivity (Wildman–Crippen MR) is 161 cm³/mol. The standard InChI is InChI=1S/C33H34FN5O6/c1-42-31-26(44-14-2-11-39-12-15-43-16-13-39)19-25-30(38-31)32(37-21-36-25)45-29-8-5-23(20-35-29)18-28(41)33(9-10-33)27(40)17-22-3-6-24(34)7-4-22/h3-8,19-21H,2,9-18H2,1H3. The van der Waals surface area contributed by atoms with Crippen LogP contribution in [0.3, 0.4) is 0 Å². The van der Waals surface area contributed by atoms with Crippen LogP contribution in [0.4, 0.5) is 4.39 Å². The molecule has 0 amide bonds. The lowest BCUT2D eigenvalue weighted by molar-refractivity contribution is -0.133. The molecule has 1 aliphatic carbocycles. The molecule has 0 bridgehead atoms. The van der Waals surface area contributed by atoms with Crippen molar-refractivity contribution in [2.75, 3.05) is 46.6 Å². The quantitative estimate of drug-likeness (QED) is 0.150. The Morgan fingerprint density at radius 2 is 1.69 bits per heavy atom. The molecule has 2 fully saturated rings. The summed E-state index contributed by atoms with van der Waals surface area (Å²) in [5.41, 5.74) is 1.28. The van der Waals surface area contributed by atoms with Gasteiger partial charge in [-0.1, -0.05) is 18.2 Å². The van der Waals surface area contributed by atoms with E-state index in [1.54, 1.807) is 36.5 Å². The number of hydrogen-bond acceptors (Lipinski definition) is 11. The molecule has 0 radical (unpaired) electrons. The fraction of sp³-hybridized carbons (Fsp3) is 0.394. The van der Waals surface area contributed by atoms with Gasteiger partial charge in [-0.15, -0.1) is 0 Å². The van der Waals surface area contributed by atoms with Gasteiger partial charge in [-0.05, 0) is 42.5 Å². The highest BCUT2D eigenvalue weighted by Crippen LogP contribution is 2.48. The smallest absolute Gasteiger partial charge is 0.257 e. The van der Waals surface area contributed by atoms with E-state index in [-0.39, 0.29) is 42.0 Å². The number of ether oxygens (including phenoxy) is 4. The van der Waals surface area contributed by atoms with Gasteiger partial charge in [0.1, 0.15) is 17.7 Å². The summed E-state index contributed by atoms with van der Waals surface area (Å²) < 4.78 is 36.0. The molecule has 4 heterocycles. The number of fused-ring (bicyclic) bond motifs is 1. The van der Waals surface area contributed by atoms with Crippen molar-refractivity contribution in [1.29, 1.82) is 0 Å². The maximum absolute atomic E-state index is 13.2. The van der Waals surface area contributed by atoms with Gasteiger partial charge < -0.3 is 18.9 Å². The summed E-state index contributed by atoms with van der Waals surface area (Å²) in [4.78, 5) is 46.0. The number of methoxy groups -OCH3 is 1. The molecule has 45 heavy (non-hydrogen) atoms. The topological polar surface area (TPSA) is 126 Å². The van der Waals surface area contributed by atoms with Crippen LogP contribution in [0, 0.1) is 11.2 Å². The first-order valence-corrected chi connectivity index (χ1v) is 15.0. The highest BCUT2D eigenvalue weighted by molar-refractivity contribution is 6.10. The fourth-order valence-electron chi connectivity index (χ4n) is 5.37. The van der Waals surface area contributed by atoms with Crippen LogP contribution in [-0.2, 0) is 27.2 Å². The Hall–Kier alpha value is -4.55. The number of hydrogen-bond donors (Lipinski definition) is 0. The van der Waals surface area contributed by atoms with E-state index in [1.165, 1.54) is 25.6 Å². The minimum absolute atomic E-state index is 0.0762. The minimum Gasteiger partial charge on any atom is -0.488 e.